The summed E-state index contributed by atoms with van der Waals surface area (Å²) in [5.41, 5.74) is 2.25. The maximum Gasteiger partial charge on any atom is 0.225 e. The van der Waals surface area contributed by atoms with Crippen LogP contribution in [0.4, 0.5) is 0 Å². The molecule has 0 bridgehead atoms. The second kappa shape index (κ2) is 4.02. The topological polar surface area (TPSA) is 30.2 Å². The minimum atomic E-state index is 0.420. The third-order valence-corrected chi connectivity index (χ3v) is 3.18. The van der Waals surface area contributed by atoms with Crippen LogP contribution in [0, 0.1) is 0 Å². The summed E-state index contributed by atoms with van der Waals surface area (Å²) in [6, 6.07) is 2.03. The van der Waals surface area contributed by atoms with Gasteiger partial charge < -0.3 is 0 Å². The highest BCUT2D eigenvalue weighted by Crippen LogP contribution is 2.25. The highest BCUT2D eigenvalue weighted by molar-refractivity contribution is 7.98. The van der Waals surface area contributed by atoms with Crippen molar-refractivity contribution in [1.82, 2.24) is 14.6 Å². The lowest BCUT2D eigenvalue weighted by atomic mass is 10.1. The van der Waals surface area contributed by atoms with Crippen LogP contribution in [0.25, 0.3) is 5.52 Å². The fourth-order valence-corrected chi connectivity index (χ4v) is 2.18. The first kappa shape index (κ1) is 10.8. The van der Waals surface area contributed by atoms with E-state index in [4.69, 9.17) is 11.6 Å². The molecule has 3 nitrogen and oxygen atoms in total. The first-order chi connectivity index (χ1) is 7.13. The molecule has 0 aromatic carbocycles. The lowest BCUT2D eigenvalue weighted by molar-refractivity contribution is 0.874. The zero-order chi connectivity index (χ0) is 11.0. The van der Waals surface area contributed by atoms with Crippen molar-refractivity contribution in [3.63, 3.8) is 0 Å². The monoisotopic (exact) mass is 241 g/mol. The van der Waals surface area contributed by atoms with E-state index >= 15 is 0 Å². The summed E-state index contributed by atoms with van der Waals surface area (Å²) in [6.07, 6.45) is 3.85. The van der Waals surface area contributed by atoms with Crippen molar-refractivity contribution in [3.8, 4) is 0 Å². The van der Waals surface area contributed by atoms with Crippen molar-refractivity contribution in [2.45, 2.75) is 24.8 Å². The fourth-order valence-electron chi connectivity index (χ4n) is 1.50. The minimum Gasteiger partial charge on any atom is -0.211 e. The van der Waals surface area contributed by atoms with Crippen molar-refractivity contribution >= 4 is 28.9 Å². The number of thioether (sulfide) groups is 1. The van der Waals surface area contributed by atoms with Crippen LogP contribution in [0.2, 0.25) is 5.28 Å². The molecule has 2 heterocycles. The van der Waals surface area contributed by atoms with Crippen LogP contribution in [0.3, 0.4) is 0 Å². The van der Waals surface area contributed by atoms with Crippen LogP contribution in [0.1, 0.15) is 25.3 Å². The van der Waals surface area contributed by atoms with Gasteiger partial charge in [-0.2, -0.15) is 5.10 Å². The molecule has 5 heteroatoms. The molecule has 0 radical (unpaired) electrons. The molecule has 0 aliphatic rings. The average molecular weight is 242 g/mol. The molecule has 2 rings (SSSR count). The predicted octanol–water partition coefficient (Wildman–Crippen LogP) is 3.23. The molecule has 0 N–H and O–H groups in total. The van der Waals surface area contributed by atoms with E-state index in [-0.39, 0.29) is 0 Å². The molecule has 0 spiro atoms. The van der Waals surface area contributed by atoms with Gasteiger partial charge in [-0.3, -0.25) is 0 Å². The number of fused-ring (bicyclic) bond motifs is 1. The van der Waals surface area contributed by atoms with Crippen molar-refractivity contribution in [3.05, 3.63) is 23.1 Å². The van der Waals surface area contributed by atoms with Gasteiger partial charge in [-0.05, 0) is 29.8 Å². The van der Waals surface area contributed by atoms with Gasteiger partial charge in [-0.25, -0.2) is 9.50 Å². The Morgan fingerprint density at radius 2 is 2.20 bits per heavy atom. The lowest BCUT2D eigenvalue weighted by Crippen LogP contribution is -1.95. The van der Waals surface area contributed by atoms with E-state index in [1.165, 1.54) is 5.56 Å². The summed E-state index contributed by atoms with van der Waals surface area (Å²) in [7, 11) is 0. The van der Waals surface area contributed by atoms with E-state index in [0.717, 1.165) is 10.5 Å². The third-order valence-electron chi connectivity index (χ3n) is 2.30. The van der Waals surface area contributed by atoms with Gasteiger partial charge in [0.05, 0.1) is 11.7 Å². The number of halogens is 1. The standard InChI is InChI=1S/C10H12ClN3S/c1-6(2)7-5-12-14-8(7)4-9(15-3)13-10(14)11/h4-6H,1-3H3. The Hall–Kier alpha value is -0.740. The second-order valence-electron chi connectivity index (χ2n) is 3.62. The molecule has 0 atom stereocenters. The minimum absolute atomic E-state index is 0.420. The first-order valence-electron chi connectivity index (χ1n) is 4.71. The number of rotatable bonds is 2. The molecule has 2 aromatic rings. The molecule has 0 aliphatic carbocycles. The van der Waals surface area contributed by atoms with E-state index in [1.807, 2.05) is 18.5 Å². The number of aromatic nitrogens is 3. The second-order valence-corrected chi connectivity index (χ2v) is 4.78. The normalized spacial score (nSPS) is 11.5. The zero-order valence-corrected chi connectivity index (χ0v) is 10.4. The van der Waals surface area contributed by atoms with Crippen LogP contribution < -0.4 is 0 Å². The summed E-state index contributed by atoms with van der Waals surface area (Å²) in [4.78, 5) is 4.22. The van der Waals surface area contributed by atoms with Crippen molar-refractivity contribution in [1.29, 1.82) is 0 Å². The van der Waals surface area contributed by atoms with E-state index in [1.54, 1.807) is 16.3 Å². The maximum atomic E-state index is 6.03. The van der Waals surface area contributed by atoms with E-state index in [0.29, 0.717) is 11.2 Å². The van der Waals surface area contributed by atoms with Gasteiger partial charge in [0, 0.05) is 5.56 Å². The predicted molar refractivity (Wildman–Crippen MR) is 63.9 cm³/mol. The number of hydrogen-bond donors (Lipinski definition) is 0. The fraction of sp³-hybridized carbons (Fsp3) is 0.400. The van der Waals surface area contributed by atoms with Gasteiger partial charge in [-0.1, -0.05) is 13.8 Å². The molecule has 0 saturated carbocycles. The Morgan fingerprint density at radius 1 is 1.47 bits per heavy atom. The van der Waals surface area contributed by atoms with Gasteiger partial charge in [-0.15, -0.1) is 11.8 Å². The molecule has 2 aromatic heterocycles. The molecule has 0 aliphatic heterocycles. The van der Waals surface area contributed by atoms with Crippen LogP contribution in [0.15, 0.2) is 17.3 Å². The highest BCUT2D eigenvalue weighted by Gasteiger charge is 2.11. The van der Waals surface area contributed by atoms with Crippen LogP contribution in [-0.2, 0) is 0 Å². The van der Waals surface area contributed by atoms with Crippen molar-refractivity contribution in [2.24, 2.45) is 0 Å². The summed E-state index contributed by atoms with van der Waals surface area (Å²) < 4.78 is 1.68. The SMILES string of the molecule is CSc1cc2c(C(C)C)cnn2c(Cl)n1. The first-order valence-corrected chi connectivity index (χ1v) is 6.32. The molecule has 0 unspecified atom stereocenters. The zero-order valence-electron chi connectivity index (χ0n) is 8.86. The van der Waals surface area contributed by atoms with Gasteiger partial charge in [0.2, 0.25) is 5.28 Å². The number of nitrogens with zero attached hydrogens (tertiary/aromatic N) is 3. The quantitative estimate of drug-likeness (QED) is 0.459. The van der Waals surface area contributed by atoms with E-state index in [2.05, 4.69) is 23.9 Å². The summed E-state index contributed by atoms with van der Waals surface area (Å²) in [5.74, 6) is 0.440. The van der Waals surface area contributed by atoms with Gasteiger partial charge >= 0.3 is 0 Å². The highest BCUT2D eigenvalue weighted by atomic mass is 35.5. The molecule has 0 saturated heterocycles. The Labute approximate surface area is 97.8 Å². The van der Waals surface area contributed by atoms with Gasteiger partial charge in [0.15, 0.2) is 0 Å². The Kier molecular flexibility index (Phi) is 2.89. The molecular formula is C10H12ClN3S. The van der Waals surface area contributed by atoms with E-state index in [9.17, 15) is 0 Å². The molecule has 0 amide bonds. The summed E-state index contributed by atoms with van der Waals surface area (Å²) in [6.45, 7) is 4.29. The van der Waals surface area contributed by atoms with Gasteiger partial charge in [0.25, 0.3) is 0 Å². The van der Waals surface area contributed by atoms with Gasteiger partial charge in [0.1, 0.15) is 5.03 Å². The van der Waals surface area contributed by atoms with Crippen LogP contribution >= 0.6 is 23.4 Å². The van der Waals surface area contributed by atoms with Crippen LogP contribution in [0.5, 0.6) is 0 Å². The molecule has 15 heavy (non-hydrogen) atoms. The average Bonchev–Trinajstić information content (AvgIpc) is 2.61. The molecular weight excluding hydrogens is 230 g/mol. The van der Waals surface area contributed by atoms with Crippen molar-refractivity contribution in [2.75, 3.05) is 6.26 Å². The Balaban J connectivity index is 2.72. The maximum absolute atomic E-state index is 6.03. The third kappa shape index (κ3) is 1.84. The number of hydrogen-bond acceptors (Lipinski definition) is 3. The lowest BCUT2D eigenvalue weighted by Gasteiger charge is -2.04. The largest absolute Gasteiger partial charge is 0.225 e. The Bertz CT molecular complexity index is 493. The summed E-state index contributed by atoms with van der Waals surface area (Å²) >= 11 is 7.62. The van der Waals surface area contributed by atoms with E-state index < -0.39 is 0 Å². The smallest absolute Gasteiger partial charge is 0.211 e. The van der Waals surface area contributed by atoms with Crippen LogP contribution in [-0.4, -0.2) is 20.9 Å². The Morgan fingerprint density at radius 3 is 2.80 bits per heavy atom. The molecule has 80 valence electrons. The summed E-state index contributed by atoms with van der Waals surface area (Å²) in [5, 5.41) is 5.57. The molecule has 0 fully saturated rings. The van der Waals surface area contributed by atoms with Crippen molar-refractivity contribution < 1.29 is 0 Å².